The maximum Gasteiger partial charge on any atom is 0.188 e. The van der Waals surface area contributed by atoms with Gasteiger partial charge in [0, 0.05) is 14.2 Å². The molecular formula is C11H14O5. The van der Waals surface area contributed by atoms with Gasteiger partial charge in [-0.2, -0.15) is 0 Å². The molecule has 1 rings (SSSR count). The van der Waals surface area contributed by atoms with E-state index >= 15 is 0 Å². The molecule has 0 saturated heterocycles. The summed E-state index contributed by atoms with van der Waals surface area (Å²) in [5, 5.41) is 0. The molecule has 88 valence electrons. The summed E-state index contributed by atoms with van der Waals surface area (Å²) in [4.78, 5) is 10.8. The van der Waals surface area contributed by atoms with Crippen molar-refractivity contribution >= 4 is 6.29 Å². The highest BCUT2D eigenvalue weighted by Crippen LogP contribution is 2.30. The minimum atomic E-state index is 0.0498. The molecule has 0 aliphatic heterocycles. The van der Waals surface area contributed by atoms with E-state index in [0.717, 1.165) is 0 Å². The van der Waals surface area contributed by atoms with E-state index in [1.807, 2.05) is 0 Å². The molecule has 0 heterocycles. The molecule has 0 spiro atoms. The Bertz CT molecular complexity index is 337. The summed E-state index contributed by atoms with van der Waals surface area (Å²) < 4.78 is 20.1. The van der Waals surface area contributed by atoms with E-state index in [2.05, 4.69) is 0 Å². The van der Waals surface area contributed by atoms with Crippen LogP contribution in [0.2, 0.25) is 0 Å². The highest BCUT2D eigenvalue weighted by Gasteiger charge is 2.10. The first-order chi connectivity index (χ1) is 7.83. The molecule has 1 aromatic rings. The van der Waals surface area contributed by atoms with Crippen LogP contribution in [0.5, 0.6) is 11.5 Å². The van der Waals surface area contributed by atoms with Gasteiger partial charge in [0.1, 0.15) is 0 Å². The second kappa shape index (κ2) is 6.81. The Morgan fingerprint density at radius 2 is 1.81 bits per heavy atom. The van der Waals surface area contributed by atoms with Crippen molar-refractivity contribution < 1.29 is 23.7 Å². The molecule has 0 atom stereocenters. The third kappa shape index (κ3) is 3.22. The number of carbonyl (C=O) groups is 1. The Morgan fingerprint density at radius 3 is 2.44 bits per heavy atom. The summed E-state index contributed by atoms with van der Waals surface area (Å²) in [7, 11) is 3.01. The lowest BCUT2D eigenvalue weighted by Gasteiger charge is -2.12. The van der Waals surface area contributed by atoms with Crippen LogP contribution in [0.15, 0.2) is 18.2 Å². The molecule has 0 aromatic heterocycles. The first-order valence-electron chi connectivity index (χ1n) is 4.65. The van der Waals surface area contributed by atoms with Crippen LogP contribution in [0, 0.1) is 0 Å². The lowest BCUT2D eigenvalue weighted by Crippen LogP contribution is -2.06. The van der Waals surface area contributed by atoms with Crippen molar-refractivity contribution in [3.63, 3.8) is 0 Å². The Labute approximate surface area is 93.9 Å². The average molecular weight is 226 g/mol. The highest BCUT2D eigenvalue weighted by molar-refractivity contribution is 5.81. The van der Waals surface area contributed by atoms with Gasteiger partial charge in [-0.1, -0.05) is 6.07 Å². The highest BCUT2D eigenvalue weighted by atomic mass is 16.7. The van der Waals surface area contributed by atoms with Crippen molar-refractivity contribution in [2.45, 2.75) is 0 Å². The first kappa shape index (κ1) is 12.5. The van der Waals surface area contributed by atoms with E-state index in [1.165, 1.54) is 14.2 Å². The number of para-hydroxylation sites is 1. The van der Waals surface area contributed by atoms with Crippen LogP contribution >= 0.6 is 0 Å². The summed E-state index contributed by atoms with van der Waals surface area (Å²) in [6.07, 6.45) is 0.699. The number of aldehydes is 1. The van der Waals surface area contributed by atoms with Gasteiger partial charge in [-0.25, -0.2) is 0 Å². The number of ether oxygens (including phenoxy) is 4. The fraction of sp³-hybridized carbons (Fsp3) is 0.364. The lowest BCUT2D eigenvalue weighted by atomic mass is 10.2. The van der Waals surface area contributed by atoms with Gasteiger partial charge >= 0.3 is 0 Å². The molecule has 0 saturated carbocycles. The molecule has 0 fully saturated rings. The normalized spacial score (nSPS) is 9.88. The van der Waals surface area contributed by atoms with Crippen LogP contribution in [0.3, 0.4) is 0 Å². The molecule has 5 nitrogen and oxygen atoms in total. The van der Waals surface area contributed by atoms with Crippen molar-refractivity contribution in [1.82, 2.24) is 0 Å². The third-order valence-corrected chi connectivity index (χ3v) is 1.79. The monoisotopic (exact) mass is 226 g/mol. The zero-order chi connectivity index (χ0) is 11.8. The predicted molar refractivity (Wildman–Crippen MR) is 56.8 cm³/mol. The van der Waals surface area contributed by atoms with Crippen molar-refractivity contribution in [2.75, 3.05) is 27.8 Å². The molecule has 0 aliphatic rings. The largest absolute Gasteiger partial charge is 0.464 e. The predicted octanol–water partition coefficient (Wildman–Crippen LogP) is 1.46. The van der Waals surface area contributed by atoms with E-state index in [0.29, 0.717) is 23.3 Å². The van der Waals surface area contributed by atoms with Gasteiger partial charge in [-0.3, -0.25) is 4.79 Å². The van der Waals surface area contributed by atoms with Crippen LogP contribution in [-0.4, -0.2) is 34.1 Å². The Hall–Kier alpha value is -1.59. The third-order valence-electron chi connectivity index (χ3n) is 1.79. The second-order valence-electron chi connectivity index (χ2n) is 2.89. The van der Waals surface area contributed by atoms with Gasteiger partial charge in [0.2, 0.25) is 0 Å². The quantitative estimate of drug-likeness (QED) is 0.520. The second-order valence-corrected chi connectivity index (χ2v) is 2.89. The van der Waals surface area contributed by atoms with Crippen molar-refractivity contribution in [1.29, 1.82) is 0 Å². The minimum absolute atomic E-state index is 0.0498. The molecule has 0 radical (unpaired) electrons. The molecule has 0 amide bonds. The number of benzene rings is 1. The molecule has 0 bridgehead atoms. The molecule has 5 heteroatoms. The van der Waals surface area contributed by atoms with Crippen molar-refractivity contribution in [3.05, 3.63) is 23.8 Å². The Morgan fingerprint density at radius 1 is 1.12 bits per heavy atom. The van der Waals surface area contributed by atoms with Gasteiger partial charge in [-0.15, -0.1) is 0 Å². The summed E-state index contributed by atoms with van der Waals surface area (Å²) in [5.74, 6) is 0.805. The summed E-state index contributed by atoms with van der Waals surface area (Å²) >= 11 is 0. The molecule has 0 N–H and O–H groups in total. The van der Waals surface area contributed by atoms with E-state index in [9.17, 15) is 4.79 Å². The zero-order valence-corrected chi connectivity index (χ0v) is 9.26. The zero-order valence-electron chi connectivity index (χ0n) is 9.26. The minimum Gasteiger partial charge on any atom is -0.464 e. The standard InChI is InChI=1S/C11H14O5/c1-13-7-15-10-5-3-4-9(6-12)11(10)16-8-14-2/h3-6H,7-8H2,1-2H3. The van der Waals surface area contributed by atoms with Crippen molar-refractivity contribution in [2.24, 2.45) is 0 Å². The number of hydrogen-bond acceptors (Lipinski definition) is 5. The van der Waals surface area contributed by atoms with Gasteiger partial charge in [0.15, 0.2) is 31.4 Å². The molecule has 16 heavy (non-hydrogen) atoms. The SMILES string of the molecule is COCOc1cccc(C=O)c1OCOC. The van der Waals surface area contributed by atoms with E-state index < -0.39 is 0 Å². The molecular weight excluding hydrogens is 212 g/mol. The summed E-state index contributed by atoms with van der Waals surface area (Å²) in [6.45, 7) is 0.139. The fourth-order valence-corrected chi connectivity index (χ4v) is 1.13. The topological polar surface area (TPSA) is 54.0 Å². The van der Waals surface area contributed by atoms with Crippen LogP contribution < -0.4 is 9.47 Å². The molecule has 1 aromatic carbocycles. The number of hydrogen-bond donors (Lipinski definition) is 0. The average Bonchev–Trinajstić information content (AvgIpc) is 2.33. The van der Waals surface area contributed by atoms with Gasteiger partial charge in [0.05, 0.1) is 5.56 Å². The van der Waals surface area contributed by atoms with Gasteiger partial charge in [-0.05, 0) is 12.1 Å². The van der Waals surface area contributed by atoms with Gasteiger partial charge in [0.25, 0.3) is 0 Å². The lowest BCUT2D eigenvalue weighted by molar-refractivity contribution is 0.0318. The maximum atomic E-state index is 10.8. The van der Waals surface area contributed by atoms with Gasteiger partial charge < -0.3 is 18.9 Å². The first-order valence-corrected chi connectivity index (χ1v) is 4.65. The fourth-order valence-electron chi connectivity index (χ4n) is 1.13. The van der Waals surface area contributed by atoms with Crippen LogP contribution in [-0.2, 0) is 9.47 Å². The van der Waals surface area contributed by atoms with E-state index in [4.69, 9.17) is 18.9 Å². The van der Waals surface area contributed by atoms with E-state index in [1.54, 1.807) is 18.2 Å². The van der Waals surface area contributed by atoms with E-state index in [-0.39, 0.29) is 13.6 Å². The summed E-state index contributed by atoms with van der Waals surface area (Å²) in [5.41, 5.74) is 0.408. The Kier molecular flexibility index (Phi) is 5.31. The Balaban J connectivity index is 2.90. The van der Waals surface area contributed by atoms with Crippen LogP contribution in [0.25, 0.3) is 0 Å². The summed E-state index contributed by atoms with van der Waals surface area (Å²) in [6, 6.07) is 5.03. The molecule has 0 aliphatic carbocycles. The number of carbonyl (C=O) groups excluding carboxylic acids is 1. The smallest absolute Gasteiger partial charge is 0.188 e. The maximum absolute atomic E-state index is 10.8. The van der Waals surface area contributed by atoms with Crippen LogP contribution in [0.4, 0.5) is 0 Å². The number of methoxy groups -OCH3 is 2. The van der Waals surface area contributed by atoms with Crippen LogP contribution in [0.1, 0.15) is 10.4 Å². The van der Waals surface area contributed by atoms with Crippen molar-refractivity contribution in [3.8, 4) is 11.5 Å². The molecule has 0 unspecified atom stereocenters. The number of rotatable bonds is 7.